The van der Waals surface area contributed by atoms with Crippen molar-refractivity contribution in [2.75, 3.05) is 12.3 Å². The van der Waals surface area contributed by atoms with Crippen LogP contribution in [0.1, 0.15) is 12.8 Å². The van der Waals surface area contributed by atoms with Crippen LogP contribution in [-0.4, -0.2) is 25.8 Å². The molecule has 0 radical (unpaired) electrons. The van der Waals surface area contributed by atoms with Crippen molar-refractivity contribution in [2.45, 2.75) is 17.7 Å². The van der Waals surface area contributed by atoms with Crippen LogP contribution in [0.4, 0.5) is 0 Å². The van der Waals surface area contributed by atoms with Crippen molar-refractivity contribution in [3.8, 4) is 5.75 Å². The Morgan fingerprint density at radius 3 is 2.60 bits per heavy atom. The van der Waals surface area contributed by atoms with E-state index in [2.05, 4.69) is 0 Å². The van der Waals surface area contributed by atoms with Crippen molar-refractivity contribution in [1.82, 2.24) is 0 Å². The van der Waals surface area contributed by atoms with E-state index in [-0.39, 0.29) is 16.4 Å². The minimum atomic E-state index is -3.27. The maximum atomic E-state index is 11.7. The van der Waals surface area contributed by atoms with Gasteiger partial charge in [-0.3, -0.25) is 0 Å². The van der Waals surface area contributed by atoms with E-state index in [4.69, 9.17) is 10.8 Å². The molecule has 0 aliphatic carbocycles. The number of phenolic OH excluding ortho intramolecular Hbond substituents is 1. The predicted octanol–water partition coefficient (Wildman–Crippen LogP) is 0.905. The number of hydrogen-bond acceptors (Lipinski definition) is 4. The molecule has 0 bridgehead atoms. The third-order valence-electron chi connectivity index (χ3n) is 2.04. The van der Waals surface area contributed by atoms with E-state index in [1.165, 1.54) is 24.3 Å². The van der Waals surface area contributed by atoms with Gasteiger partial charge in [-0.25, -0.2) is 8.42 Å². The van der Waals surface area contributed by atoms with Crippen molar-refractivity contribution in [1.29, 1.82) is 0 Å². The molecule has 0 aromatic heterocycles. The highest BCUT2D eigenvalue weighted by Gasteiger charge is 2.13. The number of hydrogen-bond donors (Lipinski definition) is 2. The molecule has 84 valence electrons. The van der Waals surface area contributed by atoms with Gasteiger partial charge in [0.15, 0.2) is 9.84 Å². The lowest BCUT2D eigenvalue weighted by Gasteiger charge is -2.03. The SMILES string of the molecule is NCCCCS(=O)(=O)c1cccc(O)c1. The highest BCUT2D eigenvalue weighted by molar-refractivity contribution is 7.91. The molecule has 0 saturated heterocycles. The zero-order valence-electron chi connectivity index (χ0n) is 8.39. The molecule has 1 rings (SSSR count). The Morgan fingerprint density at radius 2 is 2.00 bits per heavy atom. The molecule has 0 saturated carbocycles. The Hall–Kier alpha value is -1.07. The summed E-state index contributed by atoms with van der Waals surface area (Å²) >= 11 is 0. The summed E-state index contributed by atoms with van der Waals surface area (Å²) in [4.78, 5) is 0.166. The second kappa shape index (κ2) is 5.14. The summed E-state index contributed by atoms with van der Waals surface area (Å²) in [6, 6.07) is 5.71. The minimum Gasteiger partial charge on any atom is -0.508 e. The van der Waals surface area contributed by atoms with Crippen molar-refractivity contribution < 1.29 is 13.5 Å². The summed E-state index contributed by atoms with van der Waals surface area (Å²) in [5, 5.41) is 9.16. The molecule has 3 N–H and O–H groups in total. The lowest BCUT2D eigenvalue weighted by molar-refractivity contribution is 0.473. The molecular formula is C10H15NO3S. The lowest BCUT2D eigenvalue weighted by Crippen LogP contribution is -2.08. The first-order valence-electron chi connectivity index (χ1n) is 4.78. The van der Waals surface area contributed by atoms with Crippen LogP contribution in [0.25, 0.3) is 0 Å². The number of benzene rings is 1. The molecule has 0 unspecified atom stereocenters. The van der Waals surface area contributed by atoms with Crippen LogP contribution in [0.2, 0.25) is 0 Å². The van der Waals surface area contributed by atoms with Crippen LogP contribution in [-0.2, 0) is 9.84 Å². The largest absolute Gasteiger partial charge is 0.508 e. The topological polar surface area (TPSA) is 80.4 Å². The molecule has 0 atom stereocenters. The van der Waals surface area contributed by atoms with Crippen LogP contribution in [0, 0.1) is 0 Å². The molecule has 0 aliphatic heterocycles. The fourth-order valence-electron chi connectivity index (χ4n) is 1.23. The molecule has 0 spiro atoms. The van der Waals surface area contributed by atoms with Gasteiger partial charge in [0.05, 0.1) is 10.6 Å². The molecule has 0 fully saturated rings. The molecule has 4 nitrogen and oxygen atoms in total. The molecular weight excluding hydrogens is 214 g/mol. The van der Waals surface area contributed by atoms with Gasteiger partial charge in [0.2, 0.25) is 0 Å². The van der Waals surface area contributed by atoms with E-state index in [1.54, 1.807) is 0 Å². The van der Waals surface area contributed by atoms with Crippen LogP contribution in [0.15, 0.2) is 29.2 Å². The molecule has 1 aromatic rings. The normalized spacial score (nSPS) is 11.5. The van der Waals surface area contributed by atoms with E-state index in [0.717, 1.165) is 0 Å². The van der Waals surface area contributed by atoms with Crippen LogP contribution >= 0.6 is 0 Å². The first kappa shape index (κ1) is 12.0. The summed E-state index contributed by atoms with van der Waals surface area (Å²) in [5.74, 6) is 0.0445. The molecule has 0 heterocycles. The summed E-state index contributed by atoms with van der Waals surface area (Å²) in [7, 11) is -3.27. The highest BCUT2D eigenvalue weighted by Crippen LogP contribution is 2.17. The van der Waals surface area contributed by atoms with Crippen molar-refractivity contribution in [3.63, 3.8) is 0 Å². The van der Waals surface area contributed by atoms with Gasteiger partial charge in [0.1, 0.15) is 5.75 Å². The maximum absolute atomic E-state index is 11.7. The number of unbranched alkanes of at least 4 members (excludes halogenated alkanes) is 1. The number of aromatic hydroxyl groups is 1. The smallest absolute Gasteiger partial charge is 0.178 e. The highest BCUT2D eigenvalue weighted by atomic mass is 32.2. The van der Waals surface area contributed by atoms with Gasteiger partial charge in [-0.1, -0.05) is 6.07 Å². The van der Waals surface area contributed by atoms with Gasteiger partial charge in [0.25, 0.3) is 0 Å². The summed E-state index contributed by atoms with van der Waals surface area (Å²) in [6.45, 7) is 0.496. The number of nitrogens with two attached hydrogens (primary N) is 1. The number of rotatable bonds is 5. The zero-order chi connectivity index (χ0) is 11.3. The van der Waals surface area contributed by atoms with Gasteiger partial charge >= 0.3 is 0 Å². The van der Waals surface area contributed by atoms with Gasteiger partial charge in [-0.2, -0.15) is 0 Å². The van der Waals surface area contributed by atoms with Crippen LogP contribution in [0.3, 0.4) is 0 Å². The van der Waals surface area contributed by atoms with Gasteiger partial charge < -0.3 is 10.8 Å². The molecule has 15 heavy (non-hydrogen) atoms. The average molecular weight is 229 g/mol. The monoisotopic (exact) mass is 229 g/mol. The first-order chi connectivity index (χ1) is 7.06. The minimum absolute atomic E-state index is 0.0325. The Bertz CT molecular complexity index is 414. The Labute approximate surface area is 89.7 Å². The van der Waals surface area contributed by atoms with E-state index in [1.807, 2.05) is 0 Å². The third-order valence-corrected chi connectivity index (χ3v) is 3.84. The van der Waals surface area contributed by atoms with Crippen molar-refractivity contribution in [2.24, 2.45) is 5.73 Å². The number of sulfone groups is 1. The molecule has 0 amide bonds. The van der Waals surface area contributed by atoms with Gasteiger partial charge in [-0.05, 0) is 37.6 Å². The quantitative estimate of drug-likeness (QED) is 0.735. The maximum Gasteiger partial charge on any atom is 0.178 e. The predicted molar refractivity (Wildman–Crippen MR) is 58.4 cm³/mol. The fourth-order valence-corrected chi connectivity index (χ4v) is 2.64. The molecule has 1 aromatic carbocycles. The van der Waals surface area contributed by atoms with E-state index in [9.17, 15) is 8.42 Å². The van der Waals surface area contributed by atoms with Crippen LogP contribution < -0.4 is 5.73 Å². The standard InChI is InChI=1S/C10H15NO3S/c11-6-1-2-7-15(13,14)10-5-3-4-9(12)8-10/h3-5,8,12H,1-2,6-7,11H2. The van der Waals surface area contributed by atoms with Crippen molar-refractivity contribution in [3.05, 3.63) is 24.3 Å². The van der Waals surface area contributed by atoms with Gasteiger partial charge in [-0.15, -0.1) is 0 Å². The van der Waals surface area contributed by atoms with Crippen molar-refractivity contribution >= 4 is 9.84 Å². The fraction of sp³-hybridized carbons (Fsp3) is 0.400. The number of phenols is 1. The molecule has 0 aliphatic rings. The first-order valence-corrected chi connectivity index (χ1v) is 6.43. The summed E-state index contributed by atoms with van der Waals surface area (Å²) in [5.41, 5.74) is 5.29. The summed E-state index contributed by atoms with van der Waals surface area (Å²) in [6.07, 6.45) is 1.24. The van der Waals surface area contributed by atoms with E-state index < -0.39 is 9.84 Å². The second-order valence-electron chi connectivity index (χ2n) is 3.31. The summed E-state index contributed by atoms with van der Waals surface area (Å²) < 4.78 is 23.4. The Balaban J connectivity index is 2.77. The Kier molecular flexibility index (Phi) is 4.11. The van der Waals surface area contributed by atoms with Crippen LogP contribution in [0.5, 0.6) is 5.75 Å². The van der Waals surface area contributed by atoms with Gasteiger partial charge in [0, 0.05) is 0 Å². The zero-order valence-corrected chi connectivity index (χ0v) is 9.20. The molecule has 5 heteroatoms. The lowest BCUT2D eigenvalue weighted by atomic mass is 10.3. The Morgan fingerprint density at radius 1 is 1.27 bits per heavy atom. The second-order valence-corrected chi connectivity index (χ2v) is 5.42. The van der Waals surface area contributed by atoms with E-state index >= 15 is 0 Å². The third kappa shape index (κ3) is 3.53. The average Bonchev–Trinajstić information content (AvgIpc) is 2.18. The van der Waals surface area contributed by atoms with E-state index in [0.29, 0.717) is 19.4 Å².